The maximum absolute atomic E-state index is 12.9. The van der Waals surface area contributed by atoms with Crippen LogP contribution in [0.3, 0.4) is 0 Å². The lowest BCUT2D eigenvalue weighted by molar-refractivity contribution is 0.196. The molecule has 0 radical (unpaired) electrons. The van der Waals surface area contributed by atoms with E-state index in [9.17, 15) is 4.79 Å². The number of carbonyl (C=O) groups excluding carboxylic acids is 1. The summed E-state index contributed by atoms with van der Waals surface area (Å²) in [4.78, 5) is 19.2. The van der Waals surface area contributed by atoms with Crippen molar-refractivity contribution in [3.8, 4) is 5.69 Å². The van der Waals surface area contributed by atoms with Crippen molar-refractivity contribution in [2.75, 3.05) is 23.4 Å². The summed E-state index contributed by atoms with van der Waals surface area (Å²) in [6.07, 6.45) is 5.38. The second kappa shape index (κ2) is 7.28. The fraction of sp³-hybridized carbons (Fsp3) is 0.235. The third-order valence-electron chi connectivity index (χ3n) is 4.02. The van der Waals surface area contributed by atoms with Crippen molar-refractivity contribution in [1.29, 1.82) is 0 Å². The summed E-state index contributed by atoms with van der Waals surface area (Å²) >= 11 is 3.46. The van der Waals surface area contributed by atoms with E-state index in [1.165, 1.54) is 0 Å². The molecule has 6 nitrogen and oxygen atoms in total. The lowest BCUT2D eigenvalue weighted by Crippen LogP contribution is -2.43. The number of carbonyl (C=O) groups is 1. The second-order valence-corrected chi connectivity index (χ2v) is 7.63. The van der Waals surface area contributed by atoms with Crippen LogP contribution in [0.1, 0.15) is 11.0 Å². The van der Waals surface area contributed by atoms with Gasteiger partial charge in [-0.3, -0.25) is 0 Å². The summed E-state index contributed by atoms with van der Waals surface area (Å²) in [7, 11) is 0. The van der Waals surface area contributed by atoms with Gasteiger partial charge >= 0.3 is 6.03 Å². The van der Waals surface area contributed by atoms with Gasteiger partial charge in [-0.05, 0) is 18.2 Å². The Kier molecular flexibility index (Phi) is 4.71. The molecule has 3 heterocycles. The fourth-order valence-corrected chi connectivity index (χ4v) is 4.74. The molecule has 3 aromatic rings. The molecule has 2 aromatic heterocycles. The normalized spacial score (nSPS) is 17.4. The first-order chi connectivity index (χ1) is 12.3. The second-order valence-electron chi connectivity index (χ2n) is 5.55. The first kappa shape index (κ1) is 16.2. The van der Waals surface area contributed by atoms with Gasteiger partial charge in [-0.25, -0.2) is 14.5 Å². The monoisotopic (exact) mass is 371 g/mol. The van der Waals surface area contributed by atoms with E-state index in [1.807, 2.05) is 58.6 Å². The Bertz CT molecular complexity index is 835. The van der Waals surface area contributed by atoms with Crippen molar-refractivity contribution in [3.63, 3.8) is 0 Å². The Morgan fingerprint density at radius 3 is 2.96 bits per heavy atom. The summed E-state index contributed by atoms with van der Waals surface area (Å²) in [6, 6.07) is 9.46. The number of anilines is 1. The van der Waals surface area contributed by atoms with E-state index < -0.39 is 0 Å². The van der Waals surface area contributed by atoms with Crippen LogP contribution < -0.4 is 5.32 Å². The van der Waals surface area contributed by atoms with Crippen LogP contribution in [-0.4, -0.2) is 43.7 Å². The van der Waals surface area contributed by atoms with Gasteiger partial charge in [0.2, 0.25) is 0 Å². The molecular formula is C17H17N5OS2. The van der Waals surface area contributed by atoms with Gasteiger partial charge in [0.05, 0.1) is 17.4 Å². The highest BCUT2D eigenvalue weighted by atomic mass is 32.2. The number of urea groups is 1. The van der Waals surface area contributed by atoms with Gasteiger partial charge in [0, 0.05) is 42.0 Å². The molecule has 1 saturated heterocycles. The van der Waals surface area contributed by atoms with E-state index in [0.29, 0.717) is 6.54 Å². The van der Waals surface area contributed by atoms with Gasteiger partial charge in [0.15, 0.2) is 0 Å². The van der Waals surface area contributed by atoms with Crippen LogP contribution in [0.5, 0.6) is 0 Å². The molecule has 2 amide bonds. The molecule has 8 heteroatoms. The van der Waals surface area contributed by atoms with Crippen LogP contribution in [-0.2, 0) is 0 Å². The number of thioether (sulfide) groups is 1. The smallest absolute Gasteiger partial charge is 0.313 e. The SMILES string of the molecule is O=C(Nc1ccccc1-n1cccn1)N1CCSC[C@@H]1c1nccs1. The van der Waals surface area contributed by atoms with Crippen molar-refractivity contribution in [2.24, 2.45) is 0 Å². The highest BCUT2D eigenvalue weighted by Crippen LogP contribution is 2.31. The molecule has 0 saturated carbocycles. The van der Waals surface area contributed by atoms with Gasteiger partial charge < -0.3 is 10.2 Å². The molecule has 1 atom stereocenters. The predicted octanol–water partition coefficient (Wildman–Crippen LogP) is 3.65. The molecule has 0 aliphatic carbocycles. The van der Waals surface area contributed by atoms with E-state index in [4.69, 9.17) is 0 Å². The van der Waals surface area contributed by atoms with Gasteiger partial charge in [-0.15, -0.1) is 11.3 Å². The summed E-state index contributed by atoms with van der Waals surface area (Å²) in [5, 5.41) is 10.3. The van der Waals surface area contributed by atoms with E-state index in [1.54, 1.807) is 28.4 Å². The summed E-state index contributed by atoms with van der Waals surface area (Å²) in [5.74, 6) is 1.82. The number of para-hydroxylation sites is 2. The Labute approximate surface area is 153 Å². The average Bonchev–Trinajstić information content (AvgIpc) is 3.36. The zero-order valence-corrected chi connectivity index (χ0v) is 15.0. The molecule has 1 aliphatic rings. The summed E-state index contributed by atoms with van der Waals surface area (Å²) < 4.78 is 1.75. The number of rotatable bonds is 3. The van der Waals surface area contributed by atoms with Crippen molar-refractivity contribution >= 4 is 34.8 Å². The Hall–Kier alpha value is -2.32. The fourth-order valence-electron chi connectivity index (χ4n) is 2.83. The highest BCUT2D eigenvalue weighted by Gasteiger charge is 2.30. The predicted molar refractivity (Wildman–Crippen MR) is 101 cm³/mol. The number of hydrogen-bond donors (Lipinski definition) is 1. The maximum Gasteiger partial charge on any atom is 0.322 e. The zero-order valence-electron chi connectivity index (χ0n) is 13.4. The zero-order chi connectivity index (χ0) is 17.1. The number of hydrogen-bond acceptors (Lipinski definition) is 5. The maximum atomic E-state index is 12.9. The lowest BCUT2D eigenvalue weighted by Gasteiger charge is -2.34. The Morgan fingerprint density at radius 1 is 1.24 bits per heavy atom. The topological polar surface area (TPSA) is 63.1 Å². The van der Waals surface area contributed by atoms with Crippen molar-refractivity contribution in [1.82, 2.24) is 19.7 Å². The van der Waals surface area contributed by atoms with Crippen LogP contribution in [0.25, 0.3) is 5.69 Å². The number of benzene rings is 1. The van der Waals surface area contributed by atoms with E-state index >= 15 is 0 Å². The summed E-state index contributed by atoms with van der Waals surface area (Å²) in [6.45, 7) is 0.713. The highest BCUT2D eigenvalue weighted by molar-refractivity contribution is 7.99. The van der Waals surface area contributed by atoms with Crippen molar-refractivity contribution in [3.05, 3.63) is 59.3 Å². The third-order valence-corrected chi connectivity index (χ3v) is 5.92. The first-order valence-corrected chi connectivity index (χ1v) is 10.00. The molecular weight excluding hydrogens is 354 g/mol. The Balaban J connectivity index is 1.57. The number of aromatic nitrogens is 3. The minimum Gasteiger partial charge on any atom is -0.313 e. The molecule has 0 unspecified atom stereocenters. The molecule has 1 N–H and O–H groups in total. The first-order valence-electron chi connectivity index (χ1n) is 7.97. The van der Waals surface area contributed by atoms with Crippen LogP contribution in [0.15, 0.2) is 54.3 Å². The van der Waals surface area contributed by atoms with Crippen molar-refractivity contribution < 1.29 is 4.79 Å². The molecule has 1 fully saturated rings. The van der Waals surface area contributed by atoms with Crippen LogP contribution >= 0.6 is 23.1 Å². The summed E-state index contributed by atoms with van der Waals surface area (Å²) in [5.41, 5.74) is 1.59. The quantitative estimate of drug-likeness (QED) is 0.763. The standard InChI is InChI=1S/C17H17N5OS2/c23-17(21-9-11-24-12-15(21)16-18-7-10-25-16)20-13-4-1-2-5-14(13)22-8-3-6-19-22/h1-8,10,15H,9,11-12H2,(H,20,23)/t15-/m1/s1. The van der Waals surface area contributed by atoms with E-state index in [-0.39, 0.29) is 12.1 Å². The van der Waals surface area contributed by atoms with Crippen molar-refractivity contribution in [2.45, 2.75) is 6.04 Å². The van der Waals surface area contributed by atoms with E-state index in [0.717, 1.165) is 27.9 Å². The number of amides is 2. The molecule has 25 heavy (non-hydrogen) atoms. The average molecular weight is 371 g/mol. The third kappa shape index (κ3) is 3.40. The van der Waals surface area contributed by atoms with E-state index in [2.05, 4.69) is 15.4 Å². The van der Waals surface area contributed by atoms with Gasteiger partial charge in [-0.2, -0.15) is 16.9 Å². The largest absolute Gasteiger partial charge is 0.322 e. The van der Waals surface area contributed by atoms with Gasteiger partial charge in [-0.1, -0.05) is 12.1 Å². The number of nitrogens with zero attached hydrogens (tertiary/aromatic N) is 4. The minimum absolute atomic E-state index is 0.0237. The van der Waals surface area contributed by atoms with Gasteiger partial charge in [0.1, 0.15) is 5.01 Å². The van der Waals surface area contributed by atoms with Gasteiger partial charge in [0.25, 0.3) is 0 Å². The Morgan fingerprint density at radius 2 is 2.16 bits per heavy atom. The number of nitrogens with one attached hydrogen (secondary N) is 1. The molecule has 4 rings (SSSR count). The van der Waals surface area contributed by atoms with Crippen LogP contribution in [0.2, 0.25) is 0 Å². The molecule has 0 bridgehead atoms. The molecule has 1 aliphatic heterocycles. The molecule has 1 aromatic carbocycles. The van der Waals surface area contributed by atoms with Crippen LogP contribution in [0.4, 0.5) is 10.5 Å². The minimum atomic E-state index is -0.0971. The molecule has 128 valence electrons. The van der Waals surface area contributed by atoms with Crippen LogP contribution in [0, 0.1) is 0 Å². The number of thiazole rings is 1. The lowest BCUT2D eigenvalue weighted by atomic mass is 10.2. The molecule has 0 spiro atoms.